The van der Waals surface area contributed by atoms with Gasteiger partial charge in [-0.05, 0) is 44.2 Å². The first kappa shape index (κ1) is 10.9. The van der Waals surface area contributed by atoms with Crippen LogP contribution in [0.25, 0.3) is 0 Å². The monoisotopic (exact) mass is 232 g/mol. The molecule has 3 unspecified atom stereocenters. The Bertz CT molecular complexity index is 390. The lowest BCUT2D eigenvalue weighted by atomic mass is 9.78. The summed E-state index contributed by atoms with van der Waals surface area (Å²) in [6.45, 7) is 1.18. The maximum Gasteiger partial charge on any atom is 0.119 e. The van der Waals surface area contributed by atoms with Gasteiger partial charge in [-0.25, -0.2) is 0 Å². The topological polar surface area (TPSA) is 38.5 Å². The van der Waals surface area contributed by atoms with E-state index in [0.29, 0.717) is 12.0 Å². The molecule has 3 heteroatoms. The second-order valence-electron chi connectivity index (χ2n) is 5.39. The SMILES string of the molecule is CN1CC2CCC1CC2Oc1ccc(N)cc1. The molecule has 0 amide bonds. The van der Waals surface area contributed by atoms with E-state index in [9.17, 15) is 0 Å². The summed E-state index contributed by atoms with van der Waals surface area (Å²) >= 11 is 0. The van der Waals surface area contributed by atoms with Gasteiger partial charge in [-0.15, -0.1) is 0 Å². The van der Waals surface area contributed by atoms with Crippen molar-refractivity contribution in [2.75, 3.05) is 19.3 Å². The average Bonchev–Trinajstić information content (AvgIpc) is 2.34. The number of piperidine rings is 2. The predicted octanol–water partition coefficient (Wildman–Crippen LogP) is 2.13. The number of ether oxygens (including phenoxy) is 1. The zero-order valence-corrected chi connectivity index (χ0v) is 10.3. The Kier molecular flexibility index (Phi) is 2.71. The Balaban J connectivity index is 1.68. The number of hydrogen-bond donors (Lipinski definition) is 1. The fourth-order valence-corrected chi connectivity index (χ4v) is 3.16. The first-order valence-corrected chi connectivity index (χ1v) is 6.45. The second-order valence-corrected chi connectivity index (χ2v) is 5.39. The predicted molar refractivity (Wildman–Crippen MR) is 69.0 cm³/mol. The Hall–Kier alpha value is -1.22. The molecule has 3 nitrogen and oxygen atoms in total. The van der Waals surface area contributed by atoms with Crippen LogP contribution >= 0.6 is 0 Å². The van der Waals surface area contributed by atoms with Gasteiger partial charge >= 0.3 is 0 Å². The molecule has 2 heterocycles. The van der Waals surface area contributed by atoms with Crippen LogP contribution in [-0.4, -0.2) is 30.6 Å². The summed E-state index contributed by atoms with van der Waals surface area (Å²) in [4.78, 5) is 2.48. The van der Waals surface area contributed by atoms with Crippen molar-refractivity contribution >= 4 is 5.69 Å². The molecule has 3 aliphatic rings. The molecule has 1 aromatic carbocycles. The molecule has 1 aliphatic carbocycles. The summed E-state index contributed by atoms with van der Waals surface area (Å²) in [7, 11) is 2.23. The van der Waals surface area contributed by atoms with Gasteiger partial charge in [0.05, 0.1) is 0 Å². The molecule has 0 spiro atoms. The first-order chi connectivity index (χ1) is 8.22. The number of fused-ring (bicyclic) bond motifs is 3. The number of hydrogen-bond acceptors (Lipinski definition) is 3. The van der Waals surface area contributed by atoms with Gasteiger partial charge in [0.2, 0.25) is 0 Å². The normalized spacial score (nSPS) is 32.6. The van der Waals surface area contributed by atoms with E-state index in [1.807, 2.05) is 24.3 Å². The van der Waals surface area contributed by atoms with Crippen molar-refractivity contribution in [1.29, 1.82) is 0 Å². The van der Waals surface area contributed by atoms with Crippen molar-refractivity contribution in [2.24, 2.45) is 5.92 Å². The van der Waals surface area contributed by atoms with Crippen molar-refractivity contribution in [1.82, 2.24) is 4.90 Å². The summed E-state index contributed by atoms with van der Waals surface area (Å²) in [5, 5.41) is 0. The van der Waals surface area contributed by atoms with E-state index >= 15 is 0 Å². The highest BCUT2D eigenvalue weighted by molar-refractivity contribution is 5.41. The van der Waals surface area contributed by atoms with E-state index < -0.39 is 0 Å². The van der Waals surface area contributed by atoms with E-state index in [-0.39, 0.29) is 0 Å². The first-order valence-electron chi connectivity index (χ1n) is 6.45. The van der Waals surface area contributed by atoms with Crippen molar-refractivity contribution < 1.29 is 4.74 Å². The molecule has 0 aromatic heterocycles. The number of benzene rings is 1. The number of anilines is 1. The number of nitrogens with zero attached hydrogens (tertiary/aromatic N) is 1. The van der Waals surface area contributed by atoms with Crippen LogP contribution < -0.4 is 10.5 Å². The lowest BCUT2D eigenvalue weighted by molar-refractivity contribution is -0.0246. The molecule has 3 atom stereocenters. The Morgan fingerprint density at radius 1 is 1.24 bits per heavy atom. The van der Waals surface area contributed by atoms with Gasteiger partial charge in [0.15, 0.2) is 0 Å². The molecular formula is C14H20N2O. The quantitative estimate of drug-likeness (QED) is 0.794. The molecule has 17 heavy (non-hydrogen) atoms. The van der Waals surface area contributed by atoms with E-state index in [1.54, 1.807) is 0 Å². The van der Waals surface area contributed by atoms with Crippen molar-refractivity contribution in [3.63, 3.8) is 0 Å². The molecule has 1 aromatic rings. The van der Waals surface area contributed by atoms with Crippen LogP contribution in [0.2, 0.25) is 0 Å². The molecule has 0 radical (unpaired) electrons. The third kappa shape index (κ3) is 2.12. The van der Waals surface area contributed by atoms with E-state index in [4.69, 9.17) is 10.5 Å². The van der Waals surface area contributed by atoms with Crippen molar-refractivity contribution in [3.05, 3.63) is 24.3 Å². The van der Waals surface area contributed by atoms with Crippen LogP contribution in [-0.2, 0) is 0 Å². The minimum Gasteiger partial charge on any atom is -0.490 e. The third-order valence-corrected chi connectivity index (χ3v) is 4.21. The molecular weight excluding hydrogens is 212 g/mol. The third-order valence-electron chi connectivity index (χ3n) is 4.21. The molecule has 2 N–H and O–H groups in total. The van der Waals surface area contributed by atoms with E-state index in [2.05, 4.69) is 11.9 Å². The van der Waals surface area contributed by atoms with Crippen LogP contribution in [0.4, 0.5) is 5.69 Å². The summed E-state index contributed by atoms with van der Waals surface area (Å²) in [6, 6.07) is 8.48. The summed E-state index contributed by atoms with van der Waals surface area (Å²) in [5.74, 6) is 1.65. The van der Waals surface area contributed by atoms with Crippen molar-refractivity contribution in [2.45, 2.75) is 31.4 Å². The maximum absolute atomic E-state index is 6.11. The summed E-state index contributed by atoms with van der Waals surface area (Å²) < 4.78 is 6.11. The maximum atomic E-state index is 6.11. The second kappa shape index (κ2) is 4.22. The molecule has 2 aliphatic heterocycles. The van der Waals surface area contributed by atoms with Gasteiger partial charge in [-0.2, -0.15) is 0 Å². The smallest absolute Gasteiger partial charge is 0.119 e. The highest BCUT2D eigenvalue weighted by atomic mass is 16.5. The summed E-state index contributed by atoms with van der Waals surface area (Å²) in [6.07, 6.45) is 4.22. The average molecular weight is 232 g/mol. The van der Waals surface area contributed by atoms with Crippen LogP contribution in [0.3, 0.4) is 0 Å². The largest absolute Gasteiger partial charge is 0.490 e. The zero-order chi connectivity index (χ0) is 11.8. The van der Waals surface area contributed by atoms with Crippen molar-refractivity contribution in [3.8, 4) is 5.75 Å². The molecule has 3 fully saturated rings. The van der Waals surface area contributed by atoms with Gasteiger partial charge in [-0.3, -0.25) is 0 Å². The highest BCUT2D eigenvalue weighted by Crippen LogP contribution is 2.36. The minimum absolute atomic E-state index is 0.397. The van der Waals surface area contributed by atoms with E-state index in [1.165, 1.54) is 25.8 Å². The number of nitrogen functional groups attached to an aromatic ring is 1. The molecule has 2 bridgehead atoms. The summed E-state index contributed by atoms with van der Waals surface area (Å²) in [5.41, 5.74) is 6.47. The van der Waals surface area contributed by atoms with Crippen LogP contribution in [0.15, 0.2) is 24.3 Å². The Morgan fingerprint density at radius 3 is 2.59 bits per heavy atom. The standard InChI is InChI=1S/C14H20N2O/c1-16-9-10-2-5-12(16)8-14(10)17-13-6-3-11(15)4-7-13/h3-4,6-7,10,12,14H,2,5,8-9,15H2,1H3. The van der Waals surface area contributed by atoms with Crippen LogP contribution in [0.5, 0.6) is 5.75 Å². The lowest BCUT2D eigenvalue weighted by Gasteiger charge is -2.47. The van der Waals surface area contributed by atoms with Gasteiger partial charge < -0.3 is 15.4 Å². The molecule has 4 rings (SSSR count). The van der Waals surface area contributed by atoms with Crippen LogP contribution in [0.1, 0.15) is 19.3 Å². The minimum atomic E-state index is 0.397. The van der Waals surface area contributed by atoms with Crippen LogP contribution in [0, 0.1) is 5.92 Å². The number of rotatable bonds is 2. The Morgan fingerprint density at radius 2 is 2.00 bits per heavy atom. The molecule has 1 saturated carbocycles. The highest BCUT2D eigenvalue weighted by Gasteiger charge is 2.39. The number of nitrogens with two attached hydrogens (primary N) is 1. The fourth-order valence-electron chi connectivity index (χ4n) is 3.16. The Labute approximate surface area is 103 Å². The van der Waals surface area contributed by atoms with Gasteiger partial charge in [0.25, 0.3) is 0 Å². The fraction of sp³-hybridized carbons (Fsp3) is 0.571. The zero-order valence-electron chi connectivity index (χ0n) is 10.3. The van der Waals surface area contributed by atoms with E-state index in [0.717, 1.165) is 17.5 Å². The molecule has 92 valence electrons. The molecule has 2 saturated heterocycles. The van der Waals surface area contributed by atoms with Gasteiger partial charge in [0.1, 0.15) is 11.9 Å². The van der Waals surface area contributed by atoms with Gasteiger partial charge in [-0.1, -0.05) is 0 Å². The van der Waals surface area contributed by atoms with Gasteiger partial charge in [0, 0.05) is 30.6 Å². The lowest BCUT2D eigenvalue weighted by Crippen LogP contribution is -2.53.